The van der Waals surface area contributed by atoms with Crippen molar-refractivity contribution in [3.63, 3.8) is 0 Å². The van der Waals surface area contributed by atoms with Crippen LogP contribution >= 0.6 is 11.6 Å². The van der Waals surface area contributed by atoms with Gasteiger partial charge in [-0.1, -0.05) is 24.9 Å². The second kappa shape index (κ2) is 6.05. The molecule has 0 aliphatic rings. The second-order valence-corrected chi connectivity index (χ2v) is 5.43. The first kappa shape index (κ1) is 14.8. The molecule has 0 saturated carbocycles. The number of hydrogen-bond donors (Lipinski definition) is 1. The van der Waals surface area contributed by atoms with E-state index in [-0.39, 0.29) is 0 Å². The predicted octanol–water partition coefficient (Wildman–Crippen LogP) is 4.03. The summed E-state index contributed by atoms with van der Waals surface area (Å²) >= 11 is 5.84. The number of ether oxygens (including phenoxy) is 1. The Balaban J connectivity index is 2.80. The summed E-state index contributed by atoms with van der Waals surface area (Å²) in [7, 11) is 0. The number of pyridine rings is 1. The number of hydrogen-bond acceptors (Lipinski definition) is 3. The predicted molar refractivity (Wildman–Crippen MR) is 73.1 cm³/mol. The molecular weight excluding hydrogens is 252 g/mol. The molecule has 0 saturated heterocycles. The van der Waals surface area contributed by atoms with E-state index in [1.54, 1.807) is 12.3 Å². The minimum absolute atomic E-state index is 0.424. The third kappa shape index (κ3) is 4.92. The monoisotopic (exact) mass is 270 g/mol. The molecule has 1 heterocycles. The van der Waals surface area contributed by atoms with Crippen LogP contribution in [-0.2, 0) is 11.2 Å². The van der Waals surface area contributed by atoms with Crippen LogP contribution in [0.2, 0.25) is 5.15 Å². The van der Waals surface area contributed by atoms with Crippen molar-refractivity contribution >= 4 is 23.4 Å². The SMILES string of the molecule is CCCc1cc(Cl)ncc1NC(=O)OC(C)(C)C. The Labute approximate surface area is 113 Å². The highest BCUT2D eigenvalue weighted by atomic mass is 35.5. The van der Waals surface area contributed by atoms with Gasteiger partial charge in [0.2, 0.25) is 0 Å². The van der Waals surface area contributed by atoms with Gasteiger partial charge in [0.15, 0.2) is 0 Å². The minimum Gasteiger partial charge on any atom is -0.444 e. The summed E-state index contributed by atoms with van der Waals surface area (Å²) in [5, 5.41) is 3.12. The molecule has 5 heteroatoms. The van der Waals surface area contributed by atoms with E-state index >= 15 is 0 Å². The molecule has 4 nitrogen and oxygen atoms in total. The zero-order valence-electron chi connectivity index (χ0n) is 11.2. The normalized spacial score (nSPS) is 11.2. The molecule has 0 bridgehead atoms. The van der Waals surface area contributed by atoms with E-state index in [1.165, 1.54) is 0 Å². The molecule has 1 aromatic rings. The molecule has 0 aromatic carbocycles. The van der Waals surface area contributed by atoms with Crippen molar-refractivity contribution in [3.8, 4) is 0 Å². The van der Waals surface area contributed by atoms with E-state index in [0.717, 1.165) is 18.4 Å². The molecule has 0 aliphatic heterocycles. The van der Waals surface area contributed by atoms with Gasteiger partial charge < -0.3 is 4.74 Å². The third-order valence-electron chi connectivity index (χ3n) is 2.11. The highest BCUT2D eigenvalue weighted by Crippen LogP contribution is 2.20. The molecule has 0 atom stereocenters. The number of carbonyl (C=O) groups is 1. The van der Waals surface area contributed by atoms with Crippen molar-refractivity contribution in [2.24, 2.45) is 0 Å². The van der Waals surface area contributed by atoms with Crippen molar-refractivity contribution in [2.75, 3.05) is 5.32 Å². The fourth-order valence-electron chi connectivity index (χ4n) is 1.47. The lowest BCUT2D eigenvalue weighted by Crippen LogP contribution is -2.27. The molecule has 18 heavy (non-hydrogen) atoms. The standard InChI is InChI=1S/C13H19ClN2O2/c1-5-6-9-7-11(14)15-8-10(9)16-12(17)18-13(2,3)4/h7-8H,5-6H2,1-4H3,(H,16,17). The van der Waals surface area contributed by atoms with E-state index < -0.39 is 11.7 Å². The largest absolute Gasteiger partial charge is 0.444 e. The van der Waals surface area contributed by atoms with E-state index in [2.05, 4.69) is 17.2 Å². The maximum atomic E-state index is 11.7. The quantitative estimate of drug-likeness (QED) is 0.844. The summed E-state index contributed by atoms with van der Waals surface area (Å²) in [5.74, 6) is 0. The number of aromatic nitrogens is 1. The molecule has 0 aliphatic carbocycles. The number of nitrogens with one attached hydrogen (secondary N) is 1. The van der Waals surface area contributed by atoms with Crippen LogP contribution in [0.1, 0.15) is 39.7 Å². The molecule has 1 N–H and O–H groups in total. The molecule has 0 radical (unpaired) electrons. The van der Waals surface area contributed by atoms with Crippen molar-refractivity contribution in [3.05, 3.63) is 23.0 Å². The first-order chi connectivity index (χ1) is 8.31. The topological polar surface area (TPSA) is 51.2 Å². The molecular formula is C13H19ClN2O2. The minimum atomic E-state index is -0.519. The Morgan fingerprint density at radius 2 is 2.17 bits per heavy atom. The van der Waals surface area contributed by atoms with Crippen LogP contribution in [0, 0.1) is 0 Å². The van der Waals surface area contributed by atoms with Gasteiger partial charge in [-0.3, -0.25) is 5.32 Å². The average molecular weight is 271 g/mol. The fraction of sp³-hybridized carbons (Fsp3) is 0.538. The van der Waals surface area contributed by atoms with Crippen LogP contribution in [0.3, 0.4) is 0 Å². The number of amides is 1. The number of rotatable bonds is 3. The molecule has 1 amide bonds. The lowest BCUT2D eigenvalue weighted by Gasteiger charge is -2.20. The summed E-state index contributed by atoms with van der Waals surface area (Å²) in [6, 6.07) is 1.76. The Morgan fingerprint density at radius 3 is 2.72 bits per heavy atom. The zero-order valence-corrected chi connectivity index (χ0v) is 12.0. The molecule has 0 unspecified atom stereocenters. The number of halogens is 1. The summed E-state index contributed by atoms with van der Waals surface area (Å²) in [6.45, 7) is 7.52. The Kier molecular flexibility index (Phi) is 4.96. The Bertz CT molecular complexity index is 427. The first-order valence-electron chi connectivity index (χ1n) is 5.96. The van der Waals surface area contributed by atoms with Crippen LogP contribution in [0.25, 0.3) is 0 Å². The Morgan fingerprint density at radius 1 is 1.50 bits per heavy atom. The molecule has 0 spiro atoms. The van der Waals surface area contributed by atoms with E-state index in [9.17, 15) is 4.79 Å². The van der Waals surface area contributed by atoms with Gasteiger partial charge in [0.05, 0.1) is 11.9 Å². The number of carbonyl (C=O) groups excluding carboxylic acids is 1. The van der Waals surface area contributed by atoms with Gasteiger partial charge in [0, 0.05) is 0 Å². The van der Waals surface area contributed by atoms with Gasteiger partial charge in [-0.15, -0.1) is 0 Å². The van der Waals surface area contributed by atoms with Gasteiger partial charge in [0.25, 0.3) is 0 Å². The smallest absolute Gasteiger partial charge is 0.412 e. The highest BCUT2D eigenvalue weighted by Gasteiger charge is 2.17. The van der Waals surface area contributed by atoms with Crippen LogP contribution < -0.4 is 5.32 Å². The van der Waals surface area contributed by atoms with Crippen LogP contribution in [0.5, 0.6) is 0 Å². The maximum Gasteiger partial charge on any atom is 0.412 e. The summed E-state index contributed by atoms with van der Waals surface area (Å²) < 4.78 is 5.19. The van der Waals surface area contributed by atoms with Crippen LogP contribution in [0.15, 0.2) is 12.3 Å². The van der Waals surface area contributed by atoms with Gasteiger partial charge in [-0.2, -0.15) is 0 Å². The molecule has 0 fully saturated rings. The van der Waals surface area contributed by atoms with E-state index in [1.807, 2.05) is 20.8 Å². The maximum absolute atomic E-state index is 11.7. The zero-order chi connectivity index (χ0) is 13.8. The van der Waals surface area contributed by atoms with Crippen LogP contribution in [-0.4, -0.2) is 16.7 Å². The van der Waals surface area contributed by atoms with Crippen molar-refractivity contribution in [1.82, 2.24) is 4.98 Å². The van der Waals surface area contributed by atoms with Gasteiger partial charge in [-0.05, 0) is 38.8 Å². The average Bonchev–Trinajstić information content (AvgIpc) is 2.20. The summed E-state index contributed by atoms with van der Waals surface area (Å²) in [4.78, 5) is 15.6. The third-order valence-corrected chi connectivity index (χ3v) is 2.32. The van der Waals surface area contributed by atoms with Crippen molar-refractivity contribution < 1.29 is 9.53 Å². The second-order valence-electron chi connectivity index (χ2n) is 5.04. The Hall–Kier alpha value is -1.29. The summed E-state index contributed by atoms with van der Waals surface area (Å²) in [6.07, 6.45) is 2.86. The molecule has 100 valence electrons. The lowest BCUT2D eigenvalue weighted by atomic mass is 10.1. The first-order valence-corrected chi connectivity index (χ1v) is 6.34. The van der Waals surface area contributed by atoms with Gasteiger partial charge in [0.1, 0.15) is 10.8 Å². The van der Waals surface area contributed by atoms with Crippen molar-refractivity contribution in [1.29, 1.82) is 0 Å². The molecule has 1 rings (SSSR count). The van der Waals surface area contributed by atoms with E-state index in [4.69, 9.17) is 16.3 Å². The fourth-order valence-corrected chi connectivity index (χ4v) is 1.65. The number of nitrogens with zero attached hydrogens (tertiary/aromatic N) is 1. The number of anilines is 1. The highest BCUT2D eigenvalue weighted by molar-refractivity contribution is 6.29. The van der Waals surface area contributed by atoms with Crippen molar-refractivity contribution in [2.45, 2.75) is 46.1 Å². The van der Waals surface area contributed by atoms with Gasteiger partial charge >= 0.3 is 6.09 Å². The summed E-state index contributed by atoms with van der Waals surface area (Å²) in [5.41, 5.74) is 1.09. The molecule has 1 aromatic heterocycles. The van der Waals surface area contributed by atoms with E-state index in [0.29, 0.717) is 10.8 Å². The van der Waals surface area contributed by atoms with Gasteiger partial charge in [-0.25, -0.2) is 9.78 Å². The lowest BCUT2D eigenvalue weighted by molar-refractivity contribution is 0.0635. The number of aryl methyl sites for hydroxylation is 1. The van der Waals surface area contributed by atoms with Crippen LogP contribution in [0.4, 0.5) is 10.5 Å².